The summed E-state index contributed by atoms with van der Waals surface area (Å²) in [4.78, 5) is 2.44. The van der Waals surface area contributed by atoms with E-state index in [0.717, 1.165) is 0 Å². The van der Waals surface area contributed by atoms with Gasteiger partial charge in [-0.25, -0.2) is 0 Å². The van der Waals surface area contributed by atoms with Crippen molar-refractivity contribution in [3.8, 4) is 16.8 Å². The molecule has 0 N–H and O–H groups in total. The van der Waals surface area contributed by atoms with Gasteiger partial charge in [-0.15, -0.1) is 11.3 Å². The number of hydrogen-bond acceptors (Lipinski definition) is 2. The molecule has 3 heterocycles. The van der Waals surface area contributed by atoms with Gasteiger partial charge in [-0.1, -0.05) is 84.9 Å². The van der Waals surface area contributed by atoms with E-state index >= 15 is 0 Å². The summed E-state index contributed by atoms with van der Waals surface area (Å²) >= 11 is 1.89. The molecule has 182 valence electrons. The molecule has 0 atom stereocenters. The van der Waals surface area contributed by atoms with E-state index in [-0.39, 0.29) is 0 Å². The Kier molecular flexibility index (Phi) is 4.24. The van der Waals surface area contributed by atoms with Crippen LogP contribution in [0, 0.1) is 0 Å². The van der Waals surface area contributed by atoms with Gasteiger partial charge in [0.25, 0.3) is 0 Å². The molecule has 2 aromatic heterocycles. The molecule has 1 aliphatic heterocycles. The highest BCUT2D eigenvalue weighted by atomic mass is 32.1. The zero-order valence-corrected chi connectivity index (χ0v) is 21.8. The molecule has 0 radical (unpaired) electrons. The molecule has 0 spiro atoms. The highest BCUT2D eigenvalue weighted by Gasteiger charge is 2.29. The number of hydrogen-bond donors (Lipinski definition) is 0. The predicted octanol–water partition coefficient (Wildman–Crippen LogP) is 10.6. The maximum Gasteiger partial charge on any atom is 0.0783 e. The van der Waals surface area contributed by atoms with Crippen molar-refractivity contribution in [2.75, 3.05) is 4.90 Å². The molecule has 0 saturated heterocycles. The van der Waals surface area contributed by atoms with Gasteiger partial charge >= 0.3 is 0 Å². The molecule has 9 rings (SSSR count). The van der Waals surface area contributed by atoms with E-state index in [1.165, 1.54) is 75.9 Å². The van der Waals surface area contributed by atoms with Gasteiger partial charge in [0.2, 0.25) is 0 Å². The van der Waals surface area contributed by atoms with Crippen molar-refractivity contribution in [2.45, 2.75) is 0 Å². The smallest absolute Gasteiger partial charge is 0.0783 e. The van der Waals surface area contributed by atoms with Gasteiger partial charge < -0.3 is 9.47 Å². The van der Waals surface area contributed by atoms with E-state index < -0.39 is 0 Å². The van der Waals surface area contributed by atoms with Crippen LogP contribution in [0.25, 0.3) is 58.8 Å². The molecule has 0 fully saturated rings. The molecular weight excluding hydrogens is 492 g/mol. The lowest BCUT2D eigenvalue weighted by atomic mass is 9.98. The molecule has 0 unspecified atom stereocenters. The van der Waals surface area contributed by atoms with Crippen molar-refractivity contribution in [3.05, 3.63) is 133 Å². The Morgan fingerprint density at radius 3 is 2.10 bits per heavy atom. The summed E-state index contributed by atoms with van der Waals surface area (Å²) in [7, 11) is 0. The fourth-order valence-electron chi connectivity index (χ4n) is 6.45. The number of aromatic nitrogens is 1. The van der Waals surface area contributed by atoms with Crippen LogP contribution in [-0.4, -0.2) is 4.57 Å². The lowest BCUT2D eigenvalue weighted by Crippen LogP contribution is -2.18. The Labute approximate surface area is 229 Å². The topological polar surface area (TPSA) is 8.17 Å². The Balaban J connectivity index is 1.45. The Morgan fingerprint density at radius 2 is 1.21 bits per heavy atom. The SMILES string of the molecule is c1ccc(N2c3ccccc3-n3c4ccccc4c4cc(-c5cccc6c5sc5ccccc56)cc2c43)cc1. The zero-order chi connectivity index (χ0) is 25.5. The van der Waals surface area contributed by atoms with Crippen LogP contribution in [0.1, 0.15) is 0 Å². The molecule has 0 saturated carbocycles. The van der Waals surface area contributed by atoms with Gasteiger partial charge in [-0.05, 0) is 59.7 Å². The molecule has 2 nitrogen and oxygen atoms in total. The Morgan fingerprint density at radius 1 is 0.487 bits per heavy atom. The van der Waals surface area contributed by atoms with Crippen LogP contribution in [0.15, 0.2) is 133 Å². The Hall–Kier alpha value is -4.86. The third kappa shape index (κ3) is 2.85. The third-order valence-electron chi connectivity index (χ3n) is 8.08. The molecule has 6 aromatic carbocycles. The average molecular weight is 515 g/mol. The summed E-state index contributed by atoms with van der Waals surface area (Å²) in [6.45, 7) is 0. The van der Waals surface area contributed by atoms with Crippen LogP contribution in [-0.2, 0) is 0 Å². The minimum absolute atomic E-state index is 1.17. The minimum Gasteiger partial charge on any atom is -0.306 e. The normalized spacial score (nSPS) is 12.6. The first kappa shape index (κ1) is 21.1. The fourth-order valence-corrected chi connectivity index (χ4v) is 7.69. The lowest BCUT2D eigenvalue weighted by molar-refractivity contribution is 1.11. The highest BCUT2D eigenvalue weighted by Crippen LogP contribution is 2.51. The number of benzene rings is 6. The van der Waals surface area contributed by atoms with Crippen molar-refractivity contribution >= 4 is 70.4 Å². The second-order valence-electron chi connectivity index (χ2n) is 10.2. The molecule has 0 aliphatic carbocycles. The van der Waals surface area contributed by atoms with Crippen LogP contribution in [0.5, 0.6) is 0 Å². The van der Waals surface area contributed by atoms with E-state index in [0.29, 0.717) is 0 Å². The van der Waals surface area contributed by atoms with Crippen molar-refractivity contribution < 1.29 is 0 Å². The second-order valence-corrected chi connectivity index (χ2v) is 11.2. The predicted molar refractivity (Wildman–Crippen MR) is 167 cm³/mol. The largest absolute Gasteiger partial charge is 0.306 e. The molecular formula is C36H22N2S. The first-order valence-electron chi connectivity index (χ1n) is 13.3. The van der Waals surface area contributed by atoms with Gasteiger partial charge in [0, 0.05) is 36.6 Å². The van der Waals surface area contributed by atoms with E-state index in [2.05, 4.69) is 143 Å². The molecule has 0 amide bonds. The van der Waals surface area contributed by atoms with E-state index in [4.69, 9.17) is 0 Å². The van der Waals surface area contributed by atoms with Gasteiger partial charge in [-0.3, -0.25) is 0 Å². The molecule has 3 heteroatoms. The first-order chi connectivity index (χ1) is 19.4. The van der Waals surface area contributed by atoms with Crippen molar-refractivity contribution in [1.82, 2.24) is 4.57 Å². The number of rotatable bonds is 2. The molecule has 39 heavy (non-hydrogen) atoms. The van der Waals surface area contributed by atoms with Crippen LogP contribution < -0.4 is 4.90 Å². The van der Waals surface area contributed by atoms with Crippen LogP contribution >= 0.6 is 11.3 Å². The van der Waals surface area contributed by atoms with E-state index in [1.54, 1.807) is 0 Å². The average Bonchev–Trinajstić information content (AvgIpc) is 3.55. The monoisotopic (exact) mass is 514 g/mol. The van der Waals surface area contributed by atoms with Gasteiger partial charge in [0.1, 0.15) is 0 Å². The third-order valence-corrected chi connectivity index (χ3v) is 9.30. The fraction of sp³-hybridized carbons (Fsp3) is 0. The summed E-state index contributed by atoms with van der Waals surface area (Å²) in [5, 5.41) is 5.23. The first-order valence-corrected chi connectivity index (χ1v) is 14.1. The summed E-state index contributed by atoms with van der Waals surface area (Å²) in [5.41, 5.74) is 9.81. The summed E-state index contributed by atoms with van der Waals surface area (Å²) in [5.74, 6) is 0. The number of anilines is 3. The number of nitrogens with zero attached hydrogens (tertiary/aromatic N) is 2. The maximum absolute atomic E-state index is 2.46. The van der Waals surface area contributed by atoms with Crippen LogP contribution in [0.3, 0.4) is 0 Å². The lowest BCUT2D eigenvalue weighted by Gasteiger charge is -2.33. The van der Waals surface area contributed by atoms with Crippen molar-refractivity contribution in [2.24, 2.45) is 0 Å². The van der Waals surface area contributed by atoms with Gasteiger partial charge in [-0.2, -0.15) is 0 Å². The molecule has 8 aromatic rings. The van der Waals surface area contributed by atoms with Crippen LogP contribution in [0.4, 0.5) is 17.1 Å². The van der Waals surface area contributed by atoms with Crippen molar-refractivity contribution in [1.29, 1.82) is 0 Å². The molecule has 1 aliphatic rings. The van der Waals surface area contributed by atoms with Crippen molar-refractivity contribution in [3.63, 3.8) is 0 Å². The summed E-state index contributed by atoms with van der Waals surface area (Å²) < 4.78 is 5.13. The zero-order valence-electron chi connectivity index (χ0n) is 21.0. The van der Waals surface area contributed by atoms with Gasteiger partial charge in [0.05, 0.1) is 28.1 Å². The minimum atomic E-state index is 1.17. The Bertz CT molecular complexity index is 2240. The van der Waals surface area contributed by atoms with Gasteiger partial charge in [0.15, 0.2) is 0 Å². The number of fused-ring (bicyclic) bond motifs is 8. The maximum atomic E-state index is 2.46. The number of para-hydroxylation sites is 4. The summed E-state index contributed by atoms with van der Waals surface area (Å²) in [6.07, 6.45) is 0. The van der Waals surface area contributed by atoms with E-state index in [9.17, 15) is 0 Å². The molecule has 0 bridgehead atoms. The summed E-state index contributed by atoms with van der Waals surface area (Å²) in [6, 6.07) is 48.7. The highest BCUT2D eigenvalue weighted by molar-refractivity contribution is 7.26. The second kappa shape index (κ2) is 7.83. The quantitative estimate of drug-likeness (QED) is 0.223. The number of thiophene rings is 1. The van der Waals surface area contributed by atoms with Crippen LogP contribution in [0.2, 0.25) is 0 Å². The van der Waals surface area contributed by atoms with E-state index in [1.807, 2.05) is 11.3 Å². The standard InChI is InChI=1S/C36H22N2S/c1-2-11-24(12-3-1)37-31-18-7-8-19-32(31)38-30-17-6-4-13-26(30)29-21-23(22-33(37)35(29)38)25-15-10-16-28-27-14-5-9-20-34(27)39-36(25)28/h1-22H.